The molecular formula is C4H9NOS3. The van der Waals surface area contributed by atoms with E-state index in [-0.39, 0.29) is 10.5 Å². The molecule has 0 saturated heterocycles. The van der Waals surface area contributed by atoms with Crippen LogP contribution in [0.5, 0.6) is 0 Å². The monoisotopic (exact) mass is 183 g/mol. The minimum atomic E-state index is -0.248. The average Bonchev–Trinajstić information content (AvgIpc) is 1.82. The molecule has 0 radical (unpaired) electrons. The van der Waals surface area contributed by atoms with E-state index in [9.17, 15) is 4.79 Å². The lowest BCUT2D eigenvalue weighted by Gasteiger charge is -2.05. The zero-order valence-electron chi connectivity index (χ0n) is 5.29. The fourth-order valence-electron chi connectivity index (χ4n) is 0.290. The van der Waals surface area contributed by atoms with Crippen molar-refractivity contribution in [2.24, 2.45) is 5.73 Å². The van der Waals surface area contributed by atoms with Gasteiger partial charge in [0.15, 0.2) is 0 Å². The van der Waals surface area contributed by atoms with Gasteiger partial charge in [-0.3, -0.25) is 4.79 Å². The molecule has 0 aromatic rings. The first kappa shape index (κ1) is 9.52. The Bertz CT molecular complexity index is 97.8. The van der Waals surface area contributed by atoms with Crippen LogP contribution in [0.2, 0.25) is 0 Å². The van der Waals surface area contributed by atoms with Crippen molar-refractivity contribution in [3.05, 3.63) is 0 Å². The van der Waals surface area contributed by atoms with Crippen LogP contribution in [0, 0.1) is 0 Å². The third-order valence-corrected chi connectivity index (χ3v) is 4.28. The van der Waals surface area contributed by atoms with Crippen molar-refractivity contribution in [2.45, 2.75) is 4.58 Å². The highest BCUT2D eigenvalue weighted by molar-refractivity contribution is 8.78. The summed E-state index contributed by atoms with van der Waals surface area (Å²) in [5.74, 6) is -0.248. The van der Waals surface area contributed by atoms with Crippen LogP contribution >= 0.6 is 33.3 Å². The van der Waals surface area contributed by atoms with Crippen molar-refractivity contribution in [2.75, 3.05) is 12.5 Å². The molecule has 0 fully saturated rings. The van der Waals surface area contributed by atoms with Crippen LogP contribution in [-0.4, -0.2) is 23.0 Å². The molecular weight excluding hydrogens is 174 g/mol. The van der Waals surface area contributed by atoms with Crippen molar-refractivity contribution in [3.8, 4) is 0 Å². The van der Waals surface area contributed by atoms with Gasteiger partial charge in [-0.15, -0.1) is 11.8 Å². The Kier molecular flexibility index (Phi) is 5.62. The number of nitrogens with two attached hydrogens (primary N) is 1. The van der Waals surface area contributed by atoms with E-state index in [1.165, 1.54) is 22.6 Å². The molecule has 1 atom stereocenters. The maximum atomic E-state index is 10.5. The standard InChI is InChI=1S/C4H9NOS3/c1-7-4(3(5)6)9-8-2/h4H,1-2H3,(H2,5,6). The van der Waals surface area contributed by atoms with Crippen molar-refractivity contribution < 1.29 is 4.79 Å². The lowest BCUT2D eigenvalue weighted by Crippen LogP contribution is -2.21. The molecule has 2 nitrogen and oxygen atoms in total. The summed E-state index contributed by atoms with van der Waals surface area (Å²) in [5, 5.41) is 0. The maximum Gasteiger partial charge on any atom is 0.241 e. The Hall–Kier alpha value is 0.520. The lowest BCUT2D eigenvalue weighted by molar-refractivity contribution is -0.116. The van der Waals surface area contributed by atoms with Gasteiger partial charge in [-0.2, -0.15) is 0 Å². The minimum Gasteiger partial charge on any atom is -0.368 e. The second kappa shape index (κ2) is 5.32. The first-order valence-electron chi connectivity index (χ1n) is 2.24. The SMILES string of the molecule is CSSC(SC)C(N)=O. The van der Waals surface area contributed by atoms with E-state index in [4.69, 9.17) is 5.73 Å². The molecule has 0 rings (SSSR count). The van der Waals surface area contributed by atoms with Crippen LogP contribution in [0.4, 0.5) is 0 Å². The minimum absolute atomic E-state index is 0.0972. The zero-order chi connectivity index (χ0) is 7.28. The van der Waals surface area contributed by atoms with Crippen LogP contribution in [0.25, 0.3) is 0 Å². The first-order valence-corrected chi connectivity index (χ1v) is 6.15. The van der Waals surface area contributed by atoms with Crippen molar-refractivity contribution in [3.63, 3.8) is 0 Å². The first-order chi connectivity index (χ1) is 4.22. The second-order valence-corrected chi connectivity index (χ2v) is 5.05. The Morgan fingerprint density at radius 1 is 1.56 bits per heavy atom. The van der Waals surface area contributed by atoms with E-state index in [2.05, 4.69) is 0 Å². The number of carbonyl (C=O) groups excluding carboxylic acids is 1. The second-order valence-electron chi connectivity index (χ2n) is 1.23. The molecule has 2 N–H and O–H groups in total. The quantitative estimate of drug-likeness (QED) is 0.525. The third-order valence-electron chi connectivity index (χ3n) is 0.630. The molecule has 0 heterocycles. The van der Waals surface area contributed by atoms with Crippen LogP contribution in [0.3, 0.4) is 0 Å². The fraction of sp³-hybridized carbons (Fsp3) is 0.750. The molecule has 0 aromatic carbocycles. The van der Waals surface area contributed by atoms with Gasteiger partial charge < -0.3 is 5.73 Å². The molecule has 9 heavy (non-hydrogen) atoms. The highest BCUT2D eigenvalue weighted by Gasteiger charge is 2.12. The van der Waals surface area contributed by atoms with Gasteiger partial charge >= 0.3 is 0 Å². The third kappa shape index (κ3) is 4.00. The van der Waals surface area contributed by atoms with E-state index >= 15 is 0 Å². The Morgan fingerprint density at radius 2 is 2.11 bits per heavy atom. The number of amides is 1. The lowest BCUT2D eigenvalue weighted by atomic mass is 10.8. The van der Waals surface area contributed by atoms with Gasteiger partial charge in [0, 0.05) is 0 Å². The Labute approximate surface area is 67.1 Å². The molecule has 0 spiro atoms. The molecule has 54 valence electrons. The van der Waals surface area contributed by atoms with E-state index < -0.39 is 0 Å². The topological polar surface area (TPSA) is 43.1 Å². The Balaban J connectivity index is 3.54. The highest BCUT2D eigenvalue weighted by atomic mass is 33.1. The van der Waals surface area contributed by atoms with Crippen molar-refractivity contribution >= 4 is 39.3 Å². The predicted octanol–water partition coefficient (Wildman–Crippen LogP) is 1.17. The van der Waals surface area contributed by atoms with Gasteiger partial charge in [0.25, 0.3) is 0 Å². The number of thioether (sulfide) groups is 1. The van der Waals surface area contributed by atoms with Crippen LogP contribution < -0.4 is 5.73 Å². The number of carbonyl (C=O) groups is 1. The molecule has 0 bridgehead atoms. The molecule has 0 aromatic heterocycles. The average molecular weight is 183 g/mol. The number of hydrogen-bond acceptors (Lipinski definition) is 4. The summed E-state index contributed by atoms with van der Waals surface area (Å²) >= 11 is 1.47. The van der Waals surface area contributed by atoms with Gasteiger partial charge in [0.2, 0.25) is 5.91 Å². The zero-order valence-corrected chi connectivity index (χ0v) is 7.74. The molecule has 0 saturated carbocycles. The van der Waals surface area contributed by atoms with Crippen LogP contribution in [0.1, 0.15) is 0 Å². The van der Waals surface area contributed by atoms with E-state index in [0.29, 0.717) is 0 Å². The summed E-state index contributed by atoms with van der Waals surface area (Å²) in [6, 6.07) is 0. The predicted molar refractivity (Wildman–Crippen MR) is 47.6 cm³/mol. The summed E-state index contributed by atoms with van der Waals surface area (Å²) in [6.45, 7) is 0. The van der Waals surface area contributed by atoms with Gasteiger partial charge in [-0.1, -0.05) is 21.6 Å². The van der Waals surface area contributed by atoms with E-state index in [0.717, 1.165) is 0 Å². The molecule has 0 aliphatic rings. The summed E-state index contributed by atoms with van der Waals surface area (Å²) in [7, 11) is 3.05. The normalized spacial score (nSPS) is 13.1. The van der Waals surface area contributed by atoms with E-state index in [1.807, 2.05) is 12.5 Å². The molecule has 1 unspecified atom stereocenters. The molecule has 1 amide bonds. The highest BCUT2D eigenvalue weighted by Crippen LogP contribution is 2.29. The van der Waals surface area contributed by atoms with Gasteiger partial charge in [-0.05, 0) is 12.5 Å². The molecule has 5 heteroatoms. The summed E-state index contributed by atoms with van der Waals surface area (Å²) in [6.07, 6.45) is 3.80. The Morgan fingerprint density at radius 3 is 2.22 bits per heavy atom. The van der Waals surface area contributed by atoms with Crippen LogP contribution in [-0.2, 0) is 4.79 Å². The van der Waals surface area contributed by atoms with Gasteiger partial charge in [0.1, 0.15) is 4.58 Å². The number of primary amides is 1. The van der Waals surface area contributed by atoms with Gasteiger partial charge in [-0.25, -0.2) is 0 Å². The largest absolute Gasteiger partial charge is 0.368 e. The van der Waals surface area contributed by atoms with Crippen LogP contribution in [0.15, 0.2) is 0 Å². The summed E-state index contributed by atoms with van der Waals surface area (Å²) < 4.78 is -0.0972. The van der Waals surface area contributed by atoms with Crippen molar-refractivity contribution in [1.82, 2.24) is 0 Å². The van der Waals surface area contributed by atoms with Gasteiger partial charge in [0.05, 0.1) is 0 Å². The smallest absolute Gasteiger partial charge is 0.241 e. The van der Waals surface area contributed by atoms with Crippen molar-refractivity contribution in [1.29, 1.82) is 0 Å². The van der Waals surface area contributed by atoms with E-state index in [1.54, 1.807) is 10.8 Å². The summed E-state index contributed by atoms with van der Waals surface area (Å²) in [5.41, 5.74) is 5.04. The molecule has 0 aliphatic carbocycles. The fourth-order valence-corrected chi connectivity index (χ4v) is 3.33. The number of hydrogen-bond donors (Lipinski definition) is 1. The number of rotatable bonds is 4. The maximum absolute atomic E-state index is 10.5. The molecule has 0 aliphatic heterocycles. The summed E-state index contributed by atoms with van der Waals surface area (Å²) in [4.78, 5) is 10.5.